The van der Waals surface area contributed by atoms with Crippen LogP contribution in [-0.2, 0) is 6.54 Å². The van der Waals surface area contributed by atoms with Crippen LogP contribution in [0.1, 0.15) is 15.9 Å². The summed E-state index contributed by atoms with van der Waals surface area (Å²) in [6, 6.07) is 15.5. The van der Waals surface area contributed by atoms with E-state index in [1.54, 1.807) is 48.5 Å². The number of benzene rings is 2. The molecule has 6 nitrogen and oxygen atoms in total. The Kier molecular flexibility index (Phi) is 6.33. The number of pyridine rings is 1. The van der Waals surface area contributed by atoms with Gasteiger partial charge >= 0.3 is 6.03 Å². The van der Waals surface area contributed by atoms with Crippen LogP contribution in [0.15, 0.2) is 71.3 Å². The zero-order valence-electron chi connectivity index (χ0n) is 14.6. The van der Waals surface area contributed by atoms with E-state index in [4.69, 9.17) is 0 Å². The van der Waals surface area contributed by atoms with Crippen LogP contribution in [0.3, 0.4) is 0 Å². The molecule has 0 aliphatic carbocycles. The summed E-state index contributed by atoms with van der Waals surface area (Å²) in [5, 5.41) is 7.97. The highest BCUT2D eigenvalue weighted by molar-refractivity contribution is 9.10. The van der Waals surface area contributed by atoms with Gasteiger partial charge < -0.3 is 10.6 Å². The van der Waals surface area contributed by atoms with Crippen molar-refractivity contribution in [2.24, 2.45) is 0 Å². The zero-order chi connectivity index (χ0) is 19.9. The molecule has 0 radical (unpaired) electrons. The number of rotatable bonds is 5. The van der Waals surface area contributed by atoms with Crippen molar-refractivity contribution in [1.82, 2.24) is 10.3 Å². The van der Waals surface area contributed by atoms with Crippen LogP contribution in [0.4, 0.5) is 20.7 Å². The number of anilines is 2. The Hall–Kier alpha value is -3.26. The Balaban J connectivity index is 1.64. The number of nitrogens with one attached hydrogen (secondary N) is 3. The van der Waals surface area contributed by atoms with Gasteiger partial charge in [0.15, 0.2) is 0 Å². The van der Waals surface area contributed by atoms with E-state index >= 15 is 0 Å². The van der Waals surface area contributed by atoms with Crippen LogP contribution >= 0.6 is 15.9 Å². The van der Waals surface area contributed by atoms with E-state index in [1.807, 2.05) is 0 Å². The van der Waals surface area contributed by atoms with Crippen molar-refractivity contribution in [2.45, 2.75) is 6.54 Å². The van der Waals surface area contributed by atoms with E-state index in [2.05, 4.69) is 36.9 Å². The number of carbonyl (C=O) groups is 2. The summed E-state index contributed by atoms with van der Waals surface area (Å²) in [5.74, 6) is -0.615. The SMILES string of the molecule is O=C(Nc1ccc(Br)cc1)Nc1ncccc1C(=O)NCc1ccc(F)cc1. The van der Waals surface area contributed by atoms with Crippen LogP contribution in [0.5, 0.6) is 0 Å². The molecule has 8 heteroatoms. The molecule has 3 aromatic rings. The molecule has 3 rings (SSSR count). The standard InChI is InChI=1S/C20H16BrFN4O2/c21-14-5-9-16(10-6-14)25-20(28)26-18-17(2-1-11-23-18)19(27)24-12-13-3-7-15(22)8-4-13/h1-11H,12H2,(H,24,27)(H2,23,25,26,28). The Morgan fingerprint density at radius 2 is 1.68 bits per heavy atom. The number of nitrogens with zero attached hydrogens (tertiary/aromatic N) is 1. The first-order chi connectivity index (χ1) is 13.5. The molecule has 0 aliphatic heterocycles. The maximum atomic E-state index is 13.0. The van der Waals surface area contributed by atoms with Crippen LogP contribution in [0, 0.1) is 5.82 Å². The van der Waals surface area contributed by atoms with Crippen molar-refractivity contribution >= 4 is 39.4 Å². The van der Waals surface area contributed by atoms with Gasteiger partial charge in [-0.05, 0) is 54.1 Å². The van der Waals surface area contributed by atoms with Crippen molar-refractivity contribution in [2.75, 3.05) is 10.6 Å². The van der Waals surface area contributed by atoms with E-state index in [0.29, 0.717) is 5.69 Å². The van der Waals surface area contributed by atoms with E-state index in [9.17, 15) is 14.0 Å². The van der Waals surface area contributed by atoms with Crippen LogP contribution in [-0.4, -0.2) is 16.9 Å². The highest BCUT2D eigenvalue weighted by atomic mass is 79.9. The summed E-state index contributed by atoms with van der Waals surface area (Å²) >= 11 is 3.32. The Morgan fingerprint density at radius 1 is 0.964 bits per heavy atom. The zero-order valence-corrected chi connectivity index (χ0v) is 16.2. The largest absolute Gasteiger partial charge is 0.348 e. The summed E-state index contributed by atoms with van der Waals surface area (Å²) in [6.45, 7) is 0.221. The second kappa shape index (κ2) is 9.09. The lowest BCUT2D eigenvalue weighted by Gasteiger charge is -2.11. The van der Waals surface area contributed by atoms with Gasteiger partial charge in [-0.1, -0.05) is 28.1 Å². The van der Waals surface area contributed by atoms with Crippen molar-refractivity contribution in [3.63, 3.8) is 0 Å². The molecule has 0 saturated carbocycles. The molecule has 0 unspecified atom stereocenters. The maximum Gasteiger partial charge on any atom is 0.324 e. The first-order valence-corrected chi connectivity index (χ1v) is 9.12. The molecule has 28 heavy (non-hydrogen) atoms. The minimum absolute atomic E-state index is 0.133. The Labute approximate surface area is 169 Å². The Morgan fingerprint density at radius 3 is 2.39 bits per heavy atom. The molecule has 0 bridgehead atoms. The third-order valence-electron chi connectivity index (χ3n) is 3.75. The van der Waals surface area contributed by atoms with Crippen molar-refractivity contribution in [3.8, 4) is 0 Å². The molecule has 0 aliphatic rings. The fraction of sp³-hybridized carbons (Fsp3) is 0.0500. The fourth-order valence-electron chi connectivity index (χ4n) is 2.37. The molecule has 1 aromatic heterocycles. The number of hydrogen-bond donors (Lipinski definition) is 3. The number of hydrogen-bond acceptors (Lipinski definition) is 3. The number of carbonyl (C=O) groups excluding carboxylic acids is 2. The Bertz CT molecular complexity index is 978. The fourth-order valence-corrected chi connectivity index (χ4v) is 2.64. The van der Waals surface area contributed by atoms with Gasteiger partial charge in [0.25, 0.3) is 5.91 Å². The van der Waals surface area contributed by atoms with Crippen molar-refractivity contribution in [1.29, 1.82) is 0 Å². The van der Waals surface area contributed by atoms with Gasteiger partial charge in [0, 0.05) is 22.9 Å². The second-order valence-corrected chi connectivity index (χ2v) is 6.71. The predicted molar refractivity (Wildman–Crippen MR) is 109 cm³/mol. The average Bonchev–Trinajstić information content (AvgIpc) is 2.69. The number of halogens is 2. The van der Waals surface area contributed by atoms with Crippen molar-refractivity contribution < 1.29 is 14.0 Å². The van der Waals surface area contributed by atoms with E-state index in [1.165, 1.54) is 18.3 Å². The predicted octanol–water partition coefficient (Wildman–Crippen LogP) is 4.56. The highest BCUT2D eigenvalue weighted by Gasteiger charge is 2.14. The molecule has 3 amide bonds. The van der Waals surface area contributed by atoms with Gasteiger partial charge in [-0.25, -0.2) is 14.2 Å². The normalized spacial score (nSPS) is 10.2. The average molecular weight is 443 g/mol. The number of aromatic nitrogens is 1. The summed E-state index contributed by atoms with van der Waals surface area (Å²) in [6.07, 6.45) is 1.48. The second-order valence-electron chi connectivity index (χ2n) is 5.79. The van der Waals surface area contributed by atoms with Crippen LogP contribution in [0.2, 0.25) is 0 Å². The molecule has 1 heterocycles. The van der Waals surface area contributed by atoms with Gasteiger partial charge in [0.1, 0.15) is 11.6 Å². The molecule has 0 spiro atoms. The topological polar surface area (TPSA) is 83.1 Å². The third kappa shape index (κ3) is 5.37. The van der Waals surface area contributed by atoms with E-state index in [-0.39, 0.29) is 23.7 Å². The smallest absolute Gasteiger partial charge is 0.324 e. The van der Waals surface area contributed by atoms with Crippen LogP contribution in [0.25, 0.3) is 0 Å². The van der Waals surface area contributed by atoms with Gasteiger partial charge in [-0.15, -0.1) is 0 Å². The lowest BCUT2D eigenvalue weighted by molar-refractivity contribution is 0.0951. The molecule has 0 fully saturated rings. The number of urea groups is 1. The molecule has 2 aromatic carbocycles. The van der Waals surface area contributed by atoms with Gasteiger partial charge in [0.05, 0.1) is 5.56 Å². The lowest BCUT2D eigenvalue weighted by atomic mass is 10.2. The molecule has 0 atom stereocenters. The summed E-state index contributed by atoms with van der Waals surface area (Å²) in [4.78, 5) is 28.8. The quantitative estimate of drug-likeness (QED) is 0.541. The first kappa shape index (κ1) is 19.5. The van der Waals surface area contributed by atoms with E-state index in [0.717, 1.165) is 10.0 Å². The summed E-state index contributed by atoms with van der Waals surface area (Å²) < 4.78 is 13.8. The summed E-state index contributed by atoms with van der Waals surface area (Å²) in [7, 11) is 0. The van der Waals surface area contributed by atoms with Crippen LogP contribution < -0.4 is 16.0 Å². The highest BCUT2D eigenvalue weighted by Crippen LogP contribution is 2.16. The van der Waals surface area contributed by atoms with E-state index < -0.39 is 11.9 Å². The minimum Gasteiger partial charge on any atom is -0.348 e. The van der Waals surface area contributed by atoms with Gasteiger partial charge in [-0.2, -0.15) is 0 Å². The van der Waals surface area contributed by atoms with Gasteiger partial charge in [-0.3, -0.25) is 10.1 Å². The molecule has 0 saturated heterocycles. The molecular weight excluding hydrogens is 427 g/mol. The molecule has 142 valence electrons. The summed E-state index contributed by atoms with van der Waals surface area (Å²) in [5.41, 5.74) is 1.57. The monoisotopic (exact) mass is 442 g/mol. The third-order valence-corrected chi connectivity index (χ3v) is 4.28. The molecule has 3 N–H and O–H groups in total. The van der Waals surface area contributed by atoms with Crippen molar-refractivity contribution in [3.05, 3.63) is 88.3 Å². The van der Waals surface area contributed by atoms with Gasteiger partial charge in [0.2, 0.25) is 0 Å². The maximum absolute atomic E-state index is 13.0. The first-order valence-electron chi connectivity index (χ1n) is 8.32. The minimum atomic E-state index is -0.520. The molecular formula is C20H16BrFN4O2. The number of amides is 3. The lowest BCUT2D eigenvalue weighted by Crippen LogP contribution is -2.26.